The number of esters is 1. The number of carbonyl (C=O) groups excluding carboxylic acids is 1. The van der Waals surface area contributed by atoms with Crippen LogP contribution in [-0.4, -0.2) is 36.2 Å². The third-order valence-electron chi connectivity index (χ3n) is 2.78. The van der Waals surface area contributed by atoms with Crippen LogP contribution in [0.25, 0.3) is 6.08 Å². The molecule has 0 amide bonds. The average molecular weight is 278 g/mol. The molecule has 1 aliphatic heterocycles. The number of rotatable bonds is 4. The number of aromatic hydroxyl groups is 1. The first-order valence-corrected chi connectivity index (χ1v) is 6.40. The average Bonchev–Trinajstić information content (AvgIpc) is 2.75. The first kappa shape index (κ1) is 14.6. The molecule has 0 saturated carbocycles. The van der Waals surface area contributed by atoms with Crippen LogP contribution in [0.1, 0.15) is 19.4 Å². The summed E-state index contributed by atoms with van der Waals surface area (Å²) < 4.78 is 16.0. The number of hydrogen-bond acceptors (Lipinski definition) is 5. The standard InChI is InChI=1S/C15H18O5/c1-15(2)19-10-13(20-15)9-18-14(17)8-5-11-3-6-12(16)7-4-11/h3-8,13,16H,9-10H2,1-2H3/b8-5+/t13-/m1/s1. The molecule has 5 heteroatoms. The second kappa shape index (κ2) is 6.07. The van der Waals surface area contributed by atoms with E-state index >= 15 is 0 Å². The van der Waals surface area contributed by atoms with Gasteiger partial charge in [-0.15, -0.1) is 0 Å². The Balaban J connectivity index is 1.77. The molecule has 1 aliphatic rings. The lowest BCUT2D eigenvalue weighted by Gasteiger charge is -2.16. The van der Waals surface area contributed by atoms with Crippen LogP contribution in [-0.2, 0) is 19.0 Å². The van der Waals surface area contributed by atoms with Crippen molar-refractivity contribution in [3.8, 4) is 5.75 Å². The van der Waals surface area contributed by atoms with Gasteiger partial charge in [0.15, 0.2) is 5.79 Å². The Bertz CT molecular complexity index is 489. The van der Waals surface area contributed by atoms with Gasteiger partial charge in [-0.25, -0.2) is 4.79 Å². The van der Waals surface area contributed by atoms with Gasteiger partial charge in [0, 0.05) is 6.08 Å². The van der Waals surface area contributed by atoms with Crippen LogP contribution in [0, 0.1) is 0 Å². The van der Waals surface area contributed by atoms with Crippen LogP contribution in [0.4, 0.5) is 0 Å². The van der Waals surface area contributed by atoms with Gasteiger partial charge in [-0.3, -0.25) is 0 Å². The van der Waals surface area contributed by atoms with Crippen molar-refractivity contribution in [3.05, 3.63) is 35.9 Å². The highest BCUT2D eigenvalue weighted by atomic mass is 16.7. The number of phenols is 1. The third kappa shape index (κ3) is 4.36. The largest absolute Gasteiger partial charge is 0.508 e. The zero-order chi connectivity index (χ0) is 14.6. The molecule has 1 aromatic rings. The summed E-state index contributed by atoms with van der Waals surface area (Å²) in [6.45, 7) is 4.23. The molecule has 1 N–H and O–H groups in total. The van der Waals surface area contributed by atoms with Gasteiger partial charge < -0.3 is 19.3 Å². The summed E-state index contributed by atoms with van der Waals surface area (Å²) in [5.41, 5.74) is 0.807. The summed E-state index contributed by atoms with van der Waals surface area (Å²) in [7, 11) is 0. The minimum atomic E-state index is -0.612. The molecular formula is C15H18O5. The zero-order valence-corrected chi connectivity index (χ0v) is 11.5. The number of phenolic OH excluding ortho intramolecular Hbond substituents is 1. The molecule has 1 fully saturated rings. The van der Waals surface area contributed by atoms with Crippen molar-refractivity contribution in [1.82, 2.24) is 0 Å². The minimum absolute atomic E-state index is 0.169. The molecule has 0 bridgehead atoms. The molecule has 5 nitrogen and oxygen atoms in total. The second-order valence-electron chi connectivity index (χ2n) is 5.01. The number of ether oxygens (including phenoxy) is 3. The summed E-state index contributed by atoms with van der Waals surface area (Å²) in [4.78, 5) is 11.5. The van der Waals surface area contributed by atoms with Crippen LogP contribution in [0.5, 0.6) is 5.75 Å². The van der Waals surface area contributed by atoms with Crippen molar-refractivity contribution >= 4 is 12.0 Å². The highest BCUT2D eigenvalue weighted by molar-refractivity contribution is 5.87. The van der Waals surface area contributed by atoms with E-state index in [0.29, 0.717) is 6.61 Å². The van der Waals surface area contributed by atoms with Gasteiger partial charge in [0.05, 0.1) is 6.61 Å². The van der Waals surface area contributed by atoms with Crippen LogP contribution in [0.2, 0.25) is 0 Å². The highest BCUT2D eigenvalue weighted by Gasteiger charge is 2.33. The maximum atomic E-state index is 11.5. The van der Waals surface area contributed by atoms with E-state index in [1.54, 1.807) is 30.3 Å². The molecule has 0 aliphatic carbocycles. The molecule has 1 saturated heterocycles. The van der Waals surface area contributed by atoms with Gasteiger partial charge in [0.25, 0.3) is 0 Å². The summed E-state index contributed by atoms with van der Waals surface area (Å²) in [5.74, 6) is -0.865. The van der Waals surface area contributed by atoms with E-state index < -0.39 is 11.8 Å². The van der Waals surface area contributed by atoms with Gasteiger partial charge in [-0.2, -0.15) is 0 Å². The number of benzene rings is 1. The third-order valence-corrected chi connectivity index (χ3v) is 2.78. The van der Waals surface area contributed by atoms with Crippen molar-refractivity contribution in [2.75, 3.05) is 13.2 Å². The van der Waals surface area contributed by atoms with E-state index in [0.717, 1.165) is 5.56 Å². The number of carbonyl (C=O) groups is 1. The zero-order valence-electron chi connectivity index (χ0n) is 11.5. The lowest BCUT2D eigenvalue weighted by molar-refractivity contribution is -0.154. The SMILES string of the molecule is CC1(C)OC[C@@H](COC(=O)/C=C/c2ccc(O)cc2)O1. The van der Waals surface area contributed by atoms with Gasteiger partial charge >= 0.3 is 5.97 Å². The monoisotopic (exact) mass is 278 g/mol. The van der Waals surface area contributed by atoms with Crippen LogP contribution < -0.4 is 0 Å². The fourth-order valence-electron chi connectivity index (χ4n) is 1.82. The molecule has 108 valence electrons. The van der Waals surface area contributed by atoms with Gasteiger partial charge in [-0.1, -0.05) is 12.1 Å². The van der Waals surface area contributed by atoms with E-state index in [4.69, 9.17) is 19.3 Å². The van der Waals surface area contributed by atoms with E-state index in [-0.39, 0.29) is 18.5 Å². The molecule has 1 aromatic carbocycles. The Hall–Kier alpha value is -1.85. The van der Waals surface area contributed by atoms with Crippen molar-refractivity contribution < 1.29 is 24.1 Å². The van der Waals surface area contributed by atoms with Crippen molar-refractivity contribution in [3.63, 3.8) is 0 Å². The predicted molar refractivity (Wildman–Crippen MR) is 73.0 cm³/mol. The Morgan fingerprint density at radius 2 is 2.15 bits per heavy atom. The lowest BCUT2D eigenvalue weighted by atomic mass is 10.2. The van der Waals surface area contributed by atoms with Gasteiger partial charge in [0.1, 0.15) is 18.5 Å². The Morgan fingerprint density at radius 1 is 1.45 bits per heavy atom. The minimum Gasteiger partial charge on any atom is -0.508 e. The van der Waals surface area contributed by atoms with Crippen LogP contribution in [0.3, 0.4) is 0 Å². The van der Waals surface area contributed by atoms with Crippen LogP contribution >= 0.6 is 0 Å². The summed E-state index contributed by atoms with van der Waals surface area (Å²) in [5, 5.41) is 9.14. The molecule has 2 rings (SSSR count). The Labute approximate surface area is 117 Å². The fraction of sp³-hybridized carbons (Fsp3) is 0.400. The van der Waals surface area contributed by atoms with Gasteiger partial charge in [-0.05, 0) is 37.6 Å². The highest BCUT2D eigenvalue weighted by Crippen LogP contribution is 2.22. The Morgan fingerprint density at radius 3 is 2.75 bits per heavy atom. The maximum absolute atomic E-state index is 11.5. The lowest BCUT2D eigenvalue weighted by Crippen LogP contribution is -2.24. The summed E-state index contributed by atoms with van der Waals surface area (Å²) in [6, 6.07) is 6.51. The molecule has 0 aromatic heterocycles. The summed E-state index contributed by atoms with van der Waals surface area (Å²) in [6.07, 6.45) is 2.74. The van der Waals surface area contributed by atoms with E-state index in [1.807, 2.05) is 13.8 Å². The topological polar surface area (TPSA) is 65.0 Å². The molecule has 0 spiro atoms. The molecule has 1 atom stereocenters. The van der Waals surface area contributed by atoms with Crippen molar-refractivity contribution in [1.29, 1.82) is 0 Å². The molecule has 0 radical (unpaired) electrons. The molecule has 1 heterocycles. The van der Waals surface area contributed by atoms with E-state index in [9.17, 15) is 4.79 Å². The Kier molecular flexibility index (Phi) is 4.42. The second-order valence-corrected chi connectivity index (χ2v) is 5.01. The van der Waals surface area contributed by atoms with E-state index in [2.05, 4.69) is 0 Å². The predicted octanol–water partition coefficient (Wildman–Crippen LogP) is 2.10. The maximum Gasteiger partial charge on any atom is 0.330 e. The summed E-state index contributed by atoms with van der Waals surface area (Å²) >= 11 is 0. The van der Waals surface area contributed by atoms with Crippen molar-refractivity contribution in [2.24, 2.45) is 0 Å². The first-order valence-electron chi connectivity index (χ1n) is 6.40. The normalized spacial score (nSPS) is 21.2. The van der Waals surface area contributed by atoms with Crippen molar-refractivity contribution in [2.45, 2.75) is 25.7 Å². The first-order chi connectivity index (χ1) is 9.44. The smallest absolute Gasteiger partial charge is 0.330 e. The van der Waals surface area contributed by atoms with Gasteiger partial charge in [0.2, 0.25) is 0 Å². The molecule has 0 unspecified atom stereocenters. The quantitative estimate of drug-likeness (QED) is 0.675. The molecule has 20 heavy (non-hydrogen) atoms. The fourth-order valence-corrected chi connectivity index (χ4v) is 1.82. The number of hydrogen-bond donors (Lipinski definition) is 1. The molecular weight excluding hydrogens is 260 g/mol. The van der Waals surface area contributed by atoms with E-state index in [1.165, 1.54) is 6.08 Å². The van der Waals surface area contributed by atoms with Crippen LogP contribution in [0.15, 0.2) is 30.3 Å².